The van der Waals surface area contributed by atoms with Gasteiger partial charge >= 0.3 is 29.6 Å². The van der Waals surface area contributed by atoms with E-state index in [0.717, 1.165) is 19.3 Å². The third-order valence-electron chi connectivity index (χ3n) is 0.999. The first-order valence-corrected chi connectivity index (χ1v) is 4.25. The molecular formula is C6H13NaO3S. The van der Waals surface area contributed by atoms with Crippen molar-refractivity contribution in [2.24, 2.45) is 0 Å². The second-order valence-electron chi connectivity index (χ2n) is 1.84. The van der Waals surface area contributed by atoms with E-state index in [1.54, 1.807) is 6.08 Å². The summed E-state index contributed by atoms with van der Waals surface area (Å²) in [5.41, 5.74) is 0. The Morgan fingerprint density at radius 2 is 2.00 bits per heavy atom. The average molecular weight is 188 g/mol. The fourth-order valence-electron chi connectivity index (χ4n) is 0.530. The van der Waals surface area contributed by atoms with Crippen molar-refractivity contribution in [2.75, 3.05) is 6.61 Å². The minimum absolute atomic E-state index is 0. The van der Waals surface area contributed by atoms with Gasteiger partial charge in [0.25, 0.3) is 11.0 Å². The first kappa shape index (κ1) is 14.2. The third-order valence-corrected chi connectivity index (χ3v) is 1.39. The standard InChI is InChI=1S/C6H12O3S.Na.H/c1-2-3-4-5-6-9-10(7)8;;/h2,10H,1,3-6H2;;. The summed E-state index contributed by atoms with van der Waals surface area (Å²) in [6.45, 7) is 3.83. The van der Waals surface area contributed by atoms with E-state index >= 15 is 0 Å². The van der Waals surface area contributed by atoms with E-state index in [2.05, 4.69) is 10.8 Å². The predicted molar refractivity (Wildman–Crippen MR) is 47.5 cm³/mol. The molecule has 0 atom stereocenters. The van der Waals surface area contributed by atoms with Gasteiger partial charge in [0.1, 0.15) is 0 Å². The maximum atomic E-state index is 9.83. The Morgan fingerprint density at radius 1 is 1.36 bits per heavy atom. The molecule has 0 saturated heterocycles. The van der Waals surface area contributed by atoms with Crippen LogP contribution in [-0.4, -0.2) is 44.6 Å². The molecule has 0 heterocycles. The molecular weight excluding hydrogens is 175 g/mol. The van der Waals surface area contributed by atoms with E-state index in [1.807, 2.05) is 0 Å². The normalized spacial score (nSPS) is 9.18. The Morgan fingerprint density at radius 3 is 2.45 bits per heavy atom. The van der Waals surface area contributed by atoms with Crippen LogP contribution in [-0.2, 0) is 15.2 Å². The molecule has 0 aliphatic heterocycles. The van der Waals surface area contributed by atoms with Crippen LogP contribution in [0.3, 0.4) is 0 Å². The van der Waals surface area contributed by atoms with Crippen LogP contribution in [0.4, 0.5) is 0 Å². The van der Waals surface area contributed by atoms with Gasteiger partial charge in [-0.05, 0) is 19.3 Å². The molecule has 0 aromatic heterocycles. The molecule has 0 saturated carbocycles. The van der Waals surface area contributed by atoms with Crippen LogP contribution in [0.2, 0.25) is 0 Å². The Kier molecular flexibility index (Phi) is 13.7. The van der Waals surface area contributed by atoms with Gasteiger partial charge in [-0.15, -0.1) is 6.58 Å². The van der Waals surface area contributed by atoms with Crippen molar-refractivity contribution >= 4 is 40.5 Å². The molecule has 0 fully saturated rings. The summed E-state index contributed by atoms with van der Waals surface area (Å²) >= 11 is 0. The quantitative estimate of drug-likeness (QED) is 0.281. The van der Waals surface area contributed by atoms with Crippen molar-refractivity contribution < 1.29 is 12.6 Å². The second kappa shape index (κ2) is 10.7. The average Bonchev–Trinajstić information content (AvgIpc) is 1.87. The number of thiol groups is 1. The van der Waals surface area contributed by atoms with Gasteiger partial charge in [-0.2, -0.15) is 0 Å². The van der Waals surface area contributed by atoms with Gasteiger partial charge < -0.3 is 0 Å². The zero-order valence-electron chi connectivity index (χ0n) is 5.78. The Labute approximate surface area is 91.3 Å². The monoisotopic (exact) mass is 188 g/mol. The van der Waals surface area contributed by atoms with E-state index < -0.39 is 11.0 Å². The van der Waals surface area contributed by atoms with Crippen LogP contribution in [0.25, 0.3) is 0 Å². The molecule has 0 unspecified atom stereocenters. The molecule has 0 radical (unpaired) electrons. The first-order valence-electron chi connectivity index (χ1n) is 3.15. The molecule has 0 aliphatic carbocycles. The van der Waals surface area contributed by atoms with Crippen LogP contribution in [0.15, 0.2) is 12.7 Å². The van der Waals surface area contributed by atoms with Crippen LogP contribution in [0.5, 0.6) is 0 Å². The summed E-state index contributed by atoms with van der Waals surface area (Å²) in [7, 11) is -2.65. The fraction of sp³-hybridized carbons (Fsp3) is 0.667. The number of allylic oxidation sites excluding steroid dienone is 1. The Balaban J connectivity index is 0. The van der Waals surface area contributed by atoms with Crippen molar-refractivity contribution in [2.45, 2.75) is 19.3 Å². The van der Waals surface area contributed by atoms with Gasteiger partial charge in [0.05, 0.1) is 6.61 Å². The van der Waals surface area contributed by atoms with E-state index in [1.165, 1.54) is 0 Å². The molecule has 0 spiro atoms. The minimum atomic E-state index is -2.65. The molecule has 3 nitrogen and oxygen atoms in total. The summed E-state index contributed by atoms with van der Waals surface area (Å²) in [6.07, 6.45) is 4.43. The van der Waals surface area contributed by atoms with Crippen molar-refractivity contribution in [3.8, 4) is 0 Å². The molecule has 0 aromatic carbocycles. The molecule has 11 heavy (non-hydrogen) atoms. The van der Waals surface area contributed by atoms with Gasteiger partial charge in [-0.3, -0.25) is 4.18 Å². The summed E-state index contributed by atoms with van der Waals surface area (Å²) in [5.74, 6) is 0. The van der Waals surface area contributed by atoms with Gasteiger partial charge in [0.2, 0.25) is 0 Å². The van der Waals surface area contributed by atoms with Gasteiger partial charge in [-0.1, -0.05) is 6.08 Å². The van der Waals surface area contributed by atoms with E-state index in [4.69, 9.17) is 0 Å². The number of hydrogen-bond donors (Lipinski definition) is 1. The molecule has 5 heteroatoms. The van der Waals surface area contributed by atoms with Crippen LogP contribution in [0.1, 0.15) is 19.3 Å². The molecule has 0 N–H and O–H groups in total. The Hall–Kier alpha value is 0.650. The van der Waals surface area contributed by atoms with Gasteiger partial charge in [0, 0.05) is 0 Å². The molecule has 0 bridgehead atoms. The van der Waals surface area contributed by atoms with E-state index in [0.29, 0.717) is 6.61 Å². The summed E-state index contributed by atoms with van der Waals surface area (Å²) < 4.78 is 24.0. The first-order chi connectivity index (χ1) is 4.77. The Bertz CT molecular complexity index is 148. The third kappa shape index (κ3) is 13.6. The van der Waals surface area contributed by atoms with Crippen molar-refractivity contribution in [3.63, 3.8) is 0 Å². The van der Waals surface area contributed by atoms with Crippen LogP contribution >= 0.6 is 0 Å². The van der Waals surface area contributed by atoms with Crippen molar-refractivity contribution in [1.29, 1.82) is 0 Å². The zero-order chi connectivity index (χ0) is 7.82. The molecule has 0 aliphatic rings. The predicted octanol–water partition coefficient (Wildman–Crippen LogP) is 0.237. The van der Waals surface area contributed by atoms with Gasteiger partial charge in [0.15, 0.2) is 0 Å². The van der Waals surface area contributed by atoms with E-state index in [9.17, 15) is 8.42 Å². The number of rotatable bonds is 6. The second-order valence-corrected chi connectivity index (χ2v) is 2.55. The summed E-state index contributed by atoms with van der Waals surface area (Å²) in [4.78, 5) is 0. The zero-order valence-corrected chi connectivity index (χ0v) is 6.68. The topological polar surface area (TPSA) is 43.4 Å². The van der Waals surface area contributed by atoms with Gasteiger partial charge in [-0.25, -0.2) is 8.42 Å². The number of hydrogen-bond acceptors (Lipinski definition) is 3. The summed E-state index contributed by atoms with van der Waals surface area (Å²) in [6, 6.07) is 0. The van der Waals surface area contributed by atoms with Crippen LogP contribution in [0, 0.1) is 0 Å². The van der Waals surface area contributed by atoms with Crippen molar-refractivity contribution in [3.05, 3.63) is 12.7 Å². The molecule has 0 rings (SSSR count). The number of unbranched alkanes of at least 4 members (excludes halogenated alkanes) is 2. The SMILES string of the molecule is C=CCCCCO[SH](=O)=O.[NaH]. The fourth-order valence-corrected chi connectivity index (χ4v) is 0.808. The van der Waals surface area contributed by atoms with Crippen molar-refractivity contribution in [1.82, 2.24) is 0 Å². The summed E-state index contributed by atoms with van der Waals surface area (Å²) in [5, 5.41) is 0. The molecule has 62 valence electrons. The van der Waals surface area contributed by atoms with Crippen LogP contribution < -0.4 is 0 Å². The molecule has 0 aromatic rings. The maximum absolute atomic E-state index is 9.83. The van der Waals surface area contributed by atoms with E-state index in [-0.39, 0.29) is 29.6 Å². The molecule has 0 amide bonds.